The predicted octanol–water partition coefficient (Wildman–Crippen LogP) is 2.97. The summed E-state index contributed by atoms with van der Waals surface area (Å²) in [5.74, 6) is -2.62. The van der Waals surface area contributed by atoms with Crippen LogP contribution >= 0.6 is 0 Å². The average Bonchev–Trinajstić information content (AvgIpc) is 2.48. The molecule has 1 aliphatic rings. The Balaban J connectivity index is 2.30. The first kappa shape index (κ1) is 17.8. The summed E-state index contributed by atoms with van der Waals surface area (Å²) in [5.41, 5.74) is 2.74. The molecule has 1 N–H and O–H groups in total. The molecular formula is C18H24N2O4. The number of hydrogen-bond donors (Lipinski definition) is 1. The SMILES string of the molecule is CCN(CC)c1ccc(C)cc1NC=C1C(=O)OC(C)(C)OC1=O. The van der Waals surface area contributed by atoms with Crippen LogP contribution in [0, 0.1) is 6.92 Å². The molecule has 1 aromatic carbocycles. The van der Waals surface area contributed by atoms with Gasteiger partial charge in [-0.05, 0) is 38.5 Å². The van der Waals surface area contributed by atoms with Crippen molar-refractivity contribution in [1.82, 2.24) is 0 Å². The lowest BCUT2D eigenvalue weighted by Crippen LogP contribution is -2.42. The number of esters is 2. The van der Waals surface area contributed by atoms with Crippen LogP contribution in [0.4, 0.5) is 11.4 Å². The third kappa shape index (κ3) is 3.88. The molecule has 1 saturated heterocycles. The molecule has 0 aliphatic carbocycles. The molecule has 2 rings (SSSR count). The summed E-state index contributed by atoms with van der Waals surface area (Å²) < 4.78 is 10.2. The Kier molecular flexibility index (Phi) is 5.17. The quantitative estimate of drug-likeness (QED) is 0.508. The van der Waals surface area contributed by atoms with Crippen LogP contribution in [0.2, 0.25) is 0 Å². The molecule has 1 fully saturated rings. The number of benzene rings is 1. The summed E-state index contributed by atoms with van der Waals surface area (Å²) in [6.07, 6.45) is 1.35. The van der Waals surface area contributed by atoms with Crippen LogP contribution < -0.4 is 10.2 Å². The molecule has 1 heterocycles. The van der Waals surface area contributed by atoms with E-state index in [4.69, 9.17) is 9.47 Å². The van der Waals surface area contributed by atoms with Crippen LogP contribution in [0.5, 0.6) is 0 Å². The Bertz CT molecular complexity index is 654. The zero-order chi connectivity index (χ0) is 17.9. The van der Waals surface area contributed by atoms with Gasteiger partial charge in [-0.2, -0.15) is 0 Å². The van der Waals surface area contributed by atoms with Gasteiger partial charge in [0.1, 0.15) is 0 Å². The third-order valence-electron chi connectivity index (χ3n) is 3.74. The number of hydrogen-bond acceptors (Lipinski definition) is 6. The molecule has 0 unspecified atom stereocenters. The van der Waals surface area contributed by atoms with Crippen LogP contribution in [0.15, 0.2) is 30.0 Å². The lowest BCUT2D eigenvalue weighted by molar-refractivity contribution is -0.222. The molecule has 1 aliphatic heterocycles. The molecule has 6 heteroatoms. The summed E-state index contributed by atoms with van der Waals surface area (Å²) in [6.45, 7) is 10.9. The van der Waals surface area contributed by atoms with E-state index in [1.165, 1.54) is 20.0 Å². The Morgan fingerprint density at radius 3 is 2.25 bits per heavy atom. The molecule has 0 amide bonds. The van der Waals surface area contributed by atoms with Gasteiger partial charge in [0.05, 0.1) is 11.4 Å². The van der Waals surface area contributed by atoms with E-state index in [0.29, 0.717) is 0 Å². The molecular weight excluding hydrogens is 308 g/mol. The summed E-state index contributed by atoms with van der Waals surface area (Å²) in [7, 11) is 0. The van der Waals surface area contributed by atoms with Gasteiger partial charge in [0.2, 0.25) is 0 Å². The molecule has 0 atom stereocenters. The Labute approximate surface area is 142 Å². The van der Waals surface area contributed by atoms with E-state index in [1.54, 1.807) is 0 Å². The second kappa shape index (κ2) is 6.95. The Morgan fingerprint density at radius 1 is 1.12 bits per heavy atom. The van der Waals surface area contributed by atoms with Gasteiger partial charge < -0.3 is 19.7 Å². The van der Waals surface area contributed by atoms with Gasteiger partial charge in [-0.15, -0.1) is 0 Å². The van der Waals surface area contributed by atoms with E-state index in [-0.39, 0.29) is 5.57 Å². The number of carbonyl (C=O) groups is 2. The minimum Gasteiger partial charge on any atom is -0.419 e. The molecule has 0 spiro atoms. The van der Waals surface area contributed by atoms with E-state index < -0.39 is 17.7 Å². The van der Waals surface area contributed by atoms with Gasteiger partial charge in [-0.25, -0.2) is 9.59 Å². The van der Waals surface area contributed by atoms with Crippen molar-refractivity contribution in [3.05, 3.63) is 35.5 Å². The van der Waals surface area contributed by atoms with Crippen LogP contribution in [-0.4, -0.2) is 30.8 Å². The van der Waals surface area contributed by atoms with Gasteiger partial charge in [-0.1, -0.05) is 6.07 Å². The van der Waals surface area contributed by atoms with Crippen LogP contribution in [-0.2, 0) is 19.1 Å². The average molecular weight is 332 g/mol. The van der Waals surface area contributed by atoms with Crippen molar-refractivity contribution in [2.75, 3.05) is 23.3 Å². The first-order chi connectivity index (χ1) is 11.3. The lowest BCUT2D eigenvalue weighted by atomic mass is 10.1. The largest absolute Gasteiger partial charge is 0.419 e. The summed E-state index contributed by atoms with van der Waals surface area (Å²) in [5, 5.41) is 3.06. The fraction of sp³-hybridized carbons (Fsp3) is 0.444. The molecule has 0 bridgehead atoms. The fourth-order valence-corrected chi connectivity index (χ4v) is 2.53. The van der Waals surface area contributed by atoms with E-state index in [1.807, 2.05) is 25.1 Å². The second-order valence-electron chi connectivity index (χ2n) is 6.07. The molecule has 130 valence electrons. The van der Waals surface area contributed by atoms with E-state index >= 15 is 0 Å². The van der Waals surface area contributed by atoms with Gasteiger partial charge >= 0.3 is 11.9 Å². The number of nitrogens with zero attached hydrogens (tertiary/aromatic N) is 1. The first-order valence-electron chi connectivity index (χ1n) is 8.06. The lowest BCUT2D eigenvalue weighted by Gasteiger charge is -2.30. The van der Waals surface area contributed by atoms with Crippen LogP contribution in [0.1, 0.15) is 33.3 Å². The highest BCUT2D eigenvalue weighted by Crippen LogP contribution is 2.28. The van der Waals surface area contributed by atoms with Crippen molar-refractivity contribution in [2.24, 2.45) is 0 Å². The third-order valence-corrected chi connectivity index (χ3v) is 3.74. The Morgan fingerprint density at radius 2 is 1.71 bits per heavy atom. The number of cyclic esters (lactones) is 2. The second-order valence-corrected chi connectivity index (χ2v) is 6.07. The van der Waals surface area contributed by atoms with Crippen molar-refractivity contribution in [3.63, 3.8) is 0 Å². The Hall–Kier alpha value is -2.50. The number of nitrogens with one attached hydrogen (secondary N) is 1. The monoisotopic (exact) mass is 332 g/mol. The minimum atomic E-state index is -1.23. The number of ether oxygens (including phenoxy) is 2. The number of aryl methyl sites for hydroxylation is 1. The maximum atomic E-state index is 12.0. The van der Waals surface area contributed by atoms with E-state index in [0.717, 1.165) is 30.0 Å². The van der Waals surface area contributed by atoms with Crippen molar-refractivity contribution < 1.29 is 19.1 Å². The zero-order valence-corrected chi connectivity index (χ0v) is 14.8. The summed E-state index contributed by atoms with van der Waals surface area (Å²) in [4.78, 5) is 26.2. The molecule has 1 aromatic rings. The summed E-state index contributed by atoms with van der Waals surface area (Å²) >= 11 is 0. The van der Waals surface area contributed by atoms with Crippen molar-refractivity contribution in [3.8, 4) is 0 Å². The fourth-order valence-electron chi connectivity index (χ4n) is 2.53. The minimum absolute atomic E-state index is 0.152. The number of carbonyl (C=O) groups excluding carboxylic acids is 2. The predicted molar refractivity (Wildman–Crippen MR) is 92.7 cm³/mol. The normalized spacial score (nSPS) is 16.3. The van der Waals surface area contributed by atoms with E-state index in [9.17, 15) is 9.59 Å². The summed E-state index contributed by atoms with van der Waals surface area (Å²) in [6, 6.07) is 6.01. The first-order valence-corrected chi connectivity index (χ1v) is 8.06. The highest BCUT2D eigenvalue weighted by Gasteiger charge is 2.38. The maximum Gasteiger partial charge on any atom is 0.350 e. The topological polar surface area (TPSA) is 67.9 Å². The highest BCUT2D eigenvalue weighted by molar-refractivity contribution is 6.15. The van der Waals surface area contributed by atoms with Gasteiger partial charge in [0.25, 0.3) is 5.79 Å². The smallest absolute Gasteiger partial charge is 0.350 e. The molecule has 24 heavy (non-hydrogen) atoms. The zero-order valence-electron chi connectivity index (χ0n) is 14.8. The van der Waals surface area contributed by atoms with Crippen LogP contribution in [0.25, 0.3) is 0 Å². The molecule has 6 nitrogen and oxygen atoms in total. The van der Waals surface area contributed by atoms with Crippen molar-refractivity contribution in [2.45, 2.75) is 40.4 Å². The number of rotatable bonds is 5. The standard InChI is InChI=1S/C18H24N2O4/c1-6-20(7-2)15-9-8-12(3)10-14(15)19-11-13-16(21)23-18(4,5)24-17(13)22/h8-11,19H,6-7H2,1-5H3. The van der Waals surface area contributed by atoms with Crippen LogP contribution in [0.3, 0.4) is 0 Å². The maximum absolute atomic E-state index is 12.0. The van der Waals surface area contributed by atoms with Crippen molar-refractivity contribution in [1.29, 1.82) is 0 Å². The molecule has 0 radical (unpaired) electrons. The van der Waals surface area contributed by atoms with Crippen molar-refractivity contribution >= 4 is 23.3 Å². The van der Waals surface area contributed by atoms with Gasteiger partial charge in [-0.3, -0.25) is 0 Å². The van der Waals surface area contributed by atoms with Gasteiger partial charge in [0, 0.05) is 33.1 Å². The van der Waals surface area contributed by atoms with Gasteiger partial charge in [0.15, 0.2) is 5.57 Å². The molecule has 0 aromatic heterocycles. The molecule has 0 saturated carbocycles. The van der Waals surface area contributed by atoms with E-state index in [2.05, 4.69) is 24.1 Å². The number of anilines is 2. The highest BCUT2D eigenvalue weighted by atomic mass is 16.7.